The largest absolute Gasteiger partial charge is 0.448 e. The lowest BCUT2D eigenvalue weighted by atomic mass is 10.1. The van der Waals surface area contributed by atoms with E-state index in [1.54, 1.807) is 0 Å². The molecule has 0 aliphatic rings. The molecule has 0 aromatic heterocycles. The zero-order valence-corrected chi connectivity index (χ0v) is 11.8. The van der Waals surface area contributed by atoms with Gasteiger partial charge in [-0.15, -0.1) is 0 Å². The predicted molar refractivity (Wildman–Crippen MR) is 67.0 cm³/mol. The maximum Gasteiger partial charge on any atom is 0.448 e. The number of rotatable bonds is 7. The highest BCUT2D eigenvalue weighted by Crippen LogP contribution is 2.03. The normalized spacial score (nSPS) is 10.4. The van der Waals surface area contributed by atoms with Crippen molar-refractivity contribution >= 4 is 16.4 Å². The van der Waals surface area contributed by atoms with Crippen LogP contribution in [0.2, 0.25) is 0 Å². The average Bonchev–Trinajstić information content (AvgIpc) is 2.23. The molecule has 0 fully saturated rings. The minimum absolute atomic E-state index is 0.0835. The van der Waals surface area contributed by atoms with Crippen molar-refractivity contribution in [1.29, 1.82) is 0 Å². The van der Waals surface area contributed by atoms with Gasteiger partial charge in [0.2, 0.25) is 0 Å². The van der Waals surface area contributed by atoms with Crippen molar-refractivity contribution in [3.63, 3.8) is 0 Å². The number of unbranched alkanes of at least 4 members (excludes halogenated alkanes) is 5. The third-order valence-corrected chi connectivity index (χ3v) is 2.34. The van der Waals surface area contributed by atoms with E-state index in [-0.39, 0.29) is 6.42 Å². The van der Waals surface area contributed by atoms with Gasteiger partial charge in [-0.3, -0.25) is 9.35 Å². The fraction of sp³-hybridized carbons (Fsp3) is 0.909. The van der Waals surface area contributed by atoms with Gasteiger partial charge in [0, 0.05) is 6.42 Å². The minimum atomic E-state index is -4.58. The van der Waals surface area contributed by atoms with Gasteiger partial charge in [-0.1, -0.05) is 59.3 Å². The van der Waals surface area contributed by atoms with Crippen LogP contribution in [0.25, 0.3) is 0 Å². The van der Waals surface area contributed by atoms with Gasteiger partial charge in [-0.05, 0) is 0 Å². The standard InChI is InChI=1S/C8H18.C3H6O5S/c1-3-5-7-8-6-4-2;1-2-3(4)8-9(5,6)7/h3-8H2,1-2H3;2H2,1H3,(H,5,6,7). The summed E-state index contributed by atoms with van der Waals surface area (Å²) >= 11 is 0. The molecule has 0 heterocycles. The molecule has 0 amide bonds. The molecular weight excluding hydrogens is 244 g/mol. The van der Waals surface area contributed by atoms with Crippen molar-refractivity contribution in [2.24, 2.45) is 0 Å². The Hall–Kier alpha value is -0.620. The predicted octanol–water partition coefficient (Wildman–Crippen LogP) is 3.11. The monoisotopic (exact) mass is 268 g/mol. The van der Waals surface area contributed by atoms with Crippen LogP contribution in [0.5, 0.6) is 0 Å². The molecule has 1 N–H and O–H groups in total. The lowest BCUT2D eigenvalue weighted by Gasteiger charge is -1.93. The van der Waals surface area contributed by atoms with E-state index in [2.05, 4.69) is 18.0 Å². The van der Waals surface area contributed by atoms with Gasteiger partial charge in [-0.25, -0.2) is 0 Å². The van der Waals surface area contributed by atoms with Crippen LogP contribution in [0, 0.1) is 0 Å². The summed E-state index contributed by atoms with van der Waals surface area (Å²) in [4.78, 5) is 10.1. The van der Waals surface area contributed by atoms with E-state index < -0.39 is 16.4 Å². The molecule has 0 unspecified atom stereocenters. The summed E-state index contributed by atoms with van der Waals surface area (Å²) in [5.74, 6) is -0.975. The van der Waals surface area contributed by atoms with Crippen molar-refractivity contribution in [2.75, 3.05) is 0 Å². The summed E-state index contributed by atoms with van der Waals surface area (Å²) in [6.07, 6.45) is 8.40. The average molecular weight is 268 g/mol. The van der Waals surface area contributed by atoms with E-state index in [9.17, 15) is 13.2 Å². The van der Waals surface area contributed by atoms with Crippen LogP contribution in [-0.2, 0) is 19.4 Å². The van der Waals surface area contributed by atoms with Crippen LogP contribution >= 0.6 is 0 Å². The summed E-state index contributed by atoms with van der Waals surface area (Å²) < 4.78 is 30.8. The molecule has 0 aliphatic heterocycles. The highest BCUT2D eigenvalue weighted by molar-refractivity contribution is 7.81. The molecule has 0 bridgehead atoms. The number of carbonyl (C=O) groups is 1. The Morgan fingerprint density at radius 1 is 1.00 bits per heavy atom. The summed E-state index contributed by atoms with van der Waals surface area (Å²) in [7, 11) is -4.58. The van der Waals surface area contributed by atoms with Crippen LogP contribution in [0.4, 0.5) is 0 Å². The van der Waals surface area contributed by atoms with Gasteiger partial charge >= 0.3 is 16.4 Å². The van der Waals surface area contributed by atoms with Gasteiger partial charge < -0.3 is 4.18 Å². The summed E-state index contributed by atoms with van der Waals surface area (Å²) in [6, 6.07) is 0. The molecule has 0 spiro atoms. The van der Waals surface area contributed by atoms with Gasteiger partial charge in [0.1, 0.15) is 0 Å². The summed E-state index contributed by atoms with van der Waals surface area (Å²) in [5, 5.41) is 0. The molecule has 0 rings (SSSR count). The first-order valence-electron chi connectivity index (χ1n) is 6.07. The molecule has 5 nitrogen and oxygen atoms in total. The molecule has 17 heavy (non-hydrogen) atoms. The van der Waals surface area contributed by atoms with Crippen LogP contribution < -0.4 is 0 Å². The molecule has 6 heteroatoms. The van der Waals surface area contributed by atoms with Crippen molar-refractivity contribution in [1.82, 2.24) is 0 Å². The first-order chi connectivity index (χ1) is 7.87. The zero-order chi connectivity index (χ0) is 13.7. The van der Waals surface area contributed by atoms with Crippen LogP contribution in [0.15, 0.2) is 0 Å². The summed E-state index contributed by atoms with van der Waals surface area (Å²) in [5.41, 5.74) is 0. The molecule has 0 aromatic carbocycles. The first-order valence-corrected chi connectivity index (χ1v) is 7.43. The Bertz CT molecular complexity index is 266. The molecule has 0 saturated heterocycles. The lowest BCUT2D eigenvalue weighted by Crippen LogP contribution is -2.09. The highest BCUT2D eigenvalue weighted by atomic mass is 32.3. The van der Waals surface area contributed by atoms with Crippen molar-refractivity contribution in [3.8, 4) is 0 Å². The topological polar surface area (TPSA) is 80.7 Å². The number of hydrogen-bond donors (Lipinski definition) is 1. The molecule has 0 aromatic rings. The SMILES string of the molecule is CCC(=O)OS(=O)(=O)O.CCCCCCCC. The van der Waals surface area contributed by atoms with E-state index in [4.69, 9.17) is 4.55 Å². The molecule has 0 radical (unpaired) electrons. The second kappa shape index (κ2) is 11.9. The second-order valence-corrected chi connectivity index (χ2v) is 4.67. The van der Waals surface area contributed by atoms with E-state index in [0.29, 0.717) is 0 Å². The van der Waals surface area contributed by atoms with E-state index >= 15 is 0 Å². The Morgan fingerprint density at radius 2 is 1.41 bits per heavy atom. The van der Waals surface area contributed by atoms with Crippen LogP contribution in [0.3, 0.4) is 0 Å². The maximum atomic E-state index is 10.1. The van der Waals surface area contributed by atoms with Crippen LogP contribution in [-0.4, -0.2) is 18.9 Å². The molecule has 104 valence electrons. The van der Waals surface area contributed by atoms with E-state index in [1.165, 1.54) is 45.4 Å². The molecule has 0 atom stereocenters. The minimum Gasteiger partial charge on any atom is -0.325 e. The van der Waals surface area contributed by atoms with Gasteiger partial charge in [-0.2, -0.15) is 8.42 Å². The van der Waals surface area contributed by atoms with Gasteiger partial charge in [0.05, 0.1) is 0 Å². The zero-order valence-electron chi connectivity index (χ0n) is 10.9. The second-order valence-electron chi connectivity index (χ2n) is 3.65. The number of carbonyl (C=O) groups excluding carboxylic acids is 1. The van der Waals surface area contributed by atoms with Crippen LogP contribution in [0.1, 0.15) is 65.7 Å². The van der Waals surface area contributed by atoms with Crippen molar-refractivity contribution < 1.29 is 21.9 Å². The van der Waals surface area contributed by atoms with Crippen molar-refractivity contribution in [3.05, 3.63) is 0 Å². The Morgan fingerprint density at radius 3 is 1.59 bits per heavy atom. The Kier molecular flexibility index (Phi) is 13.1. The fourth-order valence-corrected chi connectivity index (χ4v) is 1.38. The molecular formula is C11H24O5S. The third kappa shape index (κ3) is 21.3. The van der Waals surface area contributed by atoms with Crippen molar-refractivity contribution in [2.45, 2.75) is 65.7 Å². The molecule has 0 aliphatic carbocycles. The smallest absolute Gasteiger partial charge is 0.325 e. The highest BCUT2D eigenvalue weighted by Gasteiger charge is 2.09. The quantitative estimate of drug-likeness (QED) is 0.566. The van der Waals surface area contributed by atoms with Gasteiger partial charge in [0.25, 0.3) is 0 Å². The Balaban J connectivity index is 0. The first kappa shape index (κ1) is 18.7. The fourth-order valence-electron chi connectivity index (χ4n) is 1.03. The Labute approximate surface area is 105 Å². The third-order valence-electron chi connectivity index (χ3n) is 1.94. The molecule has 0 saturated carbocycles. The number of hydrogen-bond acceptors (Lipinski definition) is 4. The lowest BCUT2D eigenvalue weighted by molar-refractivity contribution is -0.133. The van der Waals surface area contributed by atoms with E-state index in [0.717, 1.165) is 0 Å². The van der Waals surface area contributed by atoms with E-state index in [1.807, 2.05) is 0 Å². The summed E-state index contributed by atoms with van der Waals surface area (Å²) in [6.45, 7) is 5.92. The maximum absolute atomic E-state index is 10.1. The van der Waals surface area contributed by atoms with Gasteiger partial charge in [0.15, 0.2) is 0 Å².